The van der Waals surface area contributed by atoms with Gasteiger partial charge in [-0.25, -0.2) is 8.78 Å². The molecule has 0 aliphatic heterocycles. The molecule has 0 aliphatic carbocycles. The second-order valence-electron chi connectivity index (χ2n) is 4.36. The van der Waals surface area contributed by atoms with Crippen LogP contribution in [0.2, 0.25) is 0 Å². The molecular weight excluding hydrogens is 246 g/mol. The molecule has 19 heavy (non-hydrogen) atoms. The molecular formula is C15H16F2N2. The first kappa shape index (κ1) is 13.6. The molecule has 1 heterocycles. The molecule has 0 amide bonds. The summed E-state index contributed by atoms with van der Waals surface area (Å²) in [6.45, 7) is 4.40. The van der Waals surface area contributed by atoms with E-state index < -0.39 is 17.7 Å². The minimum absolute atomic E-state index is 0.0543. The molecule has 0 radical (unpaired) electrons. The molecule has 0 spiro atoms. The Kier molecular flexibility index (Phi) is 4.22. The fraction of sp³-hybridized carbons (Fsp3) is 0.267. The van der Waals surface area contributed by atoms with Crippen LogP contribution in [0.15, 0.2) is 36.7 Å². The predicted octanol–water partition coefficient (Wildman–Crippen LogP) is 3.37. The summed E-state index contributed by atoms with van der Waals surface area (Å²) in [7, 11) is 0. The number of hydrogen-bond donors (Lipinski definition) is 1. The third-order valence-electron chi connectivity index (χ3n) is 3.07. The summed E-state index contributed by atoms with van der Waals surface area (Å²) in [4.78, 5) is 4.01. The lowest BCUT2D eigenvalue weighted by Gasteiger charge is -2.21. The first-order valence-corrected chi connectivity index (χ1v) is 6.23. The van der Waals surface area contributed by atoms with Gasteiger partial charge >= 0.3 is 0 Å². The smallest absolute Gasteiger partial charge is 0.131 e. The Morgan fingerprint density at radius 2 is 1.89 bits per heavy atom. The Bertz CT molecular complexity index is 550. The molecule has 1 N–H and O–H groups in total. The van der Waals surface area contributed by atoms with Crippen LogP contribution < -0.4 is 5.32 Å². The molecule has 100 valence electrons. The maximum absolute atomic E-state index is 13.9. The van der Waals surface area contributed by atoms with E-state index in [0.29, 0.717) is 6.54 Å². The van der Waals surface area contributed by atoms with E-state index in [4.69, 9.17) is 0 Å². The summed E-state index contributed by atoms with van der Waals surface area (Å²) >= 11 is 0. The highest BCUT2D eigenvalue weighted by Crippen LogP contribution is 2.28. The van der Waals surface area contributed by atoms with Crippen molar-refractivity contribution in [3.63, 3.8) is 0 Å². The van der Waals surface area contributed by atoms with Crippen molar-refractivity contribution in [2.75, 3.05) is 6.54 Å². The minimum Gasteiger partial charge on any atom is -0.306 e. The number of halogens is 2. The van der Waals surface area contributed by atoms with Gasteiger partial charge in [0.25, 0.3) is 0 Å². The second-order valence-corrected chi connectivity index (χ2v) is 4.36. The number of pyridine rings is 1. The Morgan fingerprint density at radius 1 is 1.21 bits per heavy atom. The molecule has 2 nitrogen and oxygen atoms in total. The molecule has 0 saturated heterocycles. The van der Waals surface area contributed by atoms with E-state index in [2.05, 4.69) is 10.3 Å². The first-order valence-electron chi connectivity index (χ1n) is 6.23. The fourth-order valence-electron chi connectivity index (χ4n) is 2.17. The van der Waals surface area contributed by atoms with Crippen molar-refractivity contribution in [3.8, 4) is 0 Å². The third kappa shape index (κ3) is 2.79. The highest BCUT2D eigenvalue weighted by atomic mass is 19.1. The summed E-state index contributed by atoms with van der Waals surface area (Å²) in [6, 6.07) is 5.21. The van der Waals surface area contributed by atoms with Crippen molar-refractivity contribution >= 4 is 0 Å². The highest BCUT2D eigenvalue weighted by Gasteiger charge is 2.22. The van der Waals surface area contributed by atoms with Gasteiger partial charge in [-0.15, -0.1) is 0 Å². The topological polar surface area (TPSA) is 24.9 Å². The standard InChI is InChI=1S/C15H16F2N2/c1-3-19-15(11-7-8-18-9-10(11)2)14-12(16)5-4-6-13(14)17/h4-9,15,19H,3H2,1-2H3. The molecule has 1 unspecified atom stereocenters. The van der Waals surface area contributed by atoms with Gasteiger partial charge in [-0.05, 0) is 42.8 Å². The number of aromatic nitrogens is 1. The van der Waals surface area contributed by atoms with Crippen molar-refractivity contribution < 1.29 is 8.78 Å². The average Bonchev–Trinajstić information content (AvgIpc) is 2.38. The fourth-order valence-corrected chi connectivity index (χ4v) is 2.17. The number of nitrogens with zero attached hydrogens (tertiary/aromatic N) is 1. The molecule has 0 aliphatic rings. The van der Waals surface area contributed by atoms with E-state index in [1.54, 1.807) is 18.5 Å². The van der Waals surface area contributed by atoms with Gasteiger partial charge in [-0.2, -0.15) is 0 Å². The van der Waals surface area contributed by atoms with Crippen molar-refractivity contribution in [1.29, 1.82) is 0 Å². The minimum atomic E-state index is -0.540. The lowest BCUT2D eigenvalue weighted by molar-refractivity contribution is 0.509. The zero-order valence-electron chi connectivity index (χ0n) is 11.0. The van der Waals surface area contributed by atoms with Gasteiger partial charge in [0.15, 0.2) is 0 Å². The van der Waals surface area contributed by atoms with Crippen molar-refractivity contribution in [2.24, 2.45) is 0 Å². The maximum Gasteiger partial charge on any atom is 0.131 e. The van der Waals surface area contributed by atoms with E-state index in [9.17, 15) is 8.78 Å². The van der Waals surface area contributed by atoms with E-state index >= 15 is 0 Å². The zero-order valence-corrected chi connectivity index (χ0v) is 11.0. The summed E-state index contributed by atoms with van der Waals surface area (Å²) in [5, 5.41) is 3.13. The van der Waals surface area contributed by atoms with Crippen molar-refractivity contribution in [1.82, 2.24) is 10.3 Å². The Balaban J connectivity index is 2.55. The SMILES string of the molecule is CCNC(c1ccncc1C)c1c(F)cccc1F. The molecule has 1 aromatic heterocycles. The Labute approximate surface area is 111 Å². The number of aryl methyl sites for hydroxylation is 1. The summed E-state index contributed by atoms with van der Waals surface area (Å²) in [6.07, 6.45) is 3.32. The number of nitrogens with one attached hydrogen (secondary N) is 1. The van der Waals surface area contributed by atoms with Gasteiger partial charge in [-0.1, -0.05) is 13.0 Å². The van der Waals surface area contributed by atoms with Crippen LogP contribution in [-0.2, 0) is 0 Å². The molecule has 4 heteroatoms. The van der Waals surface area contributed by atoms with Gasteiger partial charge in [0.1, 0.15) is 11.6 Å². The average molecular weight is 262 g/mol. The van der Waals surface area contributed by atoms with E-state index in [1.807, 2.05) is 13.8 Å². The highest BCUT2D eigenvalue weighted by molar-refractivity contribution is 5.36. The van der Waals surface area contributed by atoms with Gasteiger partial charge < -0.3 is 5.32 Å². The van der Waals surface area contributed by atoms with Gasteiger partial charge in [0.2, 0.25) is 0 Å². The van der Waals surface area contributed by atoms with Crippen LogP contribution in [0.3, 0.4) is 0 Å². The Hall–Kier alpha value is -1.81. The second kappa shape index (κ2) is 5.89. The van der Waals surface area contributed by atoms with Crippen LogP contribution >= 0.6 is 0 Å². The predicted molar refractivity (Wildman–Crippen MR) is 70.9 cm³/mol. The molecule has 0 saturated carbocycles. The summed E-state index contributed by atoms with van der Waals surface area (Å²) < 4.78 is 27.9. The van der Waals surface area contributed by atoms with Gasteiger partial charge in [0.05, 0.1) is 6.04 Å². The number of benzene rings is 1. The van der Waals surface area contributed by atoms with Crippen LogP contribution in [0.1, 0.15) is 29.7 Å². The molecule has 1 atom stereocenters. The number of hydrogen-bond acceptors (Lipinski definition) is 2. The Morgan fingerprint density at radius 3 is 2.47 bits per heavy atom. The van der Waals surface area contributed by atoms with Crippen LogP contribution in [0.25, 0.3) is 0 Å². The van der Waals surface area contributed by atoms with Crippen LogP contribution in [0.4, 0.5) is 8.78 Å². The monoisotopic (exact) mass is 262 g/mol. The quantitative estimate of drug-likeness (QED) is 0.913. The first-order chi connectivity index (χ1) is 9.15. The van der Waals surface area contributed by atoms with E-state index in [1.165, 1.54) is 18.2 Å². The van der Waals surface area contributed by atoms with Crippen LogP contribution in [-0.4, -0.2) is 11.5 Å². The van der Waals surface area contributed by atoms with E-state index in [0.717, 1.165) is 11.1 Å². The van der Waals surface area contributed by atoms with Crippen LogP contribution in [0.5, 0.6) is 0 Å². The summed E-state index contributed by atoms with van der Waals surface area (Å²) in [5.41, 5.74) is 1.79. The normalized spacial score (nSPS) is 12.4. The lowest BCUT2D eigenvalue weighted by atomic mass is 9.95. The van der Waals surface area contributed by atoms with Crippen molar-refractivity contribution in [3.05, 3.63) is 65.0 Å². The molecule has 0 fully saturated rings. The third-order valence-corrected chi connectivity index (χ3v) is 3.07. The van der Waals surface area contributed by atoms with Crippen LogP contribution in [0, 0.1) is 18.6 Å². The zero-order chi connectivity index (χ0) is 13.8. The lowest BCUT2D eigenvalue weighted by Crippen LogP contribution is -2.25. The van der Waals surface area contributed by atoms with Crippen molar-refractivity contribution in [2.45, 2.75) is 19.9 Å². The van der Waals surface area contributed by atoms with E-state index in [-0.39, 0.29) is 5.56 Å². The molecule has 1 aromatic carbocycles. The maximum atomic E-state index is 13.9. The summed E-state index contributed by atoms with van der Waals surface area (Å²) in [5.74, 6) is -1.08. The van der Waals surface area contributed by atoms with Gasteiger partial charge in [0, 0.05) is 18.0 Å². The largest absolute Gasteiger partial charge is 0.306 e. The molecule has 0 bridgehead atoms. The van der Waals surface area contributed by atoms with Gasteiger partial charge in [-0.3, -0.25) is 4.98 Å². The molecule has 2 rings (SSSR count). The number of rotatable bonds is 4. The molecule has 2 aromatic rings.